The van der Waals surface area contributed by atoms with E-state index in [0.29, 0.717) is 12.3 Å². The summed E-state index contributed by atoms with van der Waals surface area (Å²) in [7, 11) is 0. The van der Waals surface area contributed by atoms with E-state index in [2.05, 4.69) is 0 Å². The van der Waals surface area contributed by atoms with E-state index in [1.807, 2.05) is 0 Å². The van der Waals surface area contributed by atoms with Gasteiger partial charge in [-0.05, 0) is 0 Å². The molecule has 0 aliphatic heterocycles. The van der Waals surface area contributed by atoms with Gasteiger partial charge in [-0.15, -0.1) is 0 Å². The summed E-state index contributed by atoms with van der Waals surface area (Å²) in [5.74, 6) is 0. The maximum absolute atomic E-state index is 11.5. The minimum absolute atomic E-state index is 0. The molecule has 0 aliphatic carbocycles. The molecular formula is C5H6Cl4N4O6. The van der Waals surface area contributed by atoms with Crippen LogP contribution in [0.2, 0.25) is 0 Å². The SMILES string of the molecule is O.O.O.O=c1c2c(n(Cl)c(=O)n1Cl)n(Cl)c(=O)n2Cl. The highest BCUT2D eigenvalue weighted by atomic mass is 35.5. The Morgan fingerprint density at radius 1 is 0.632 bits per heavy atom. The van der Waals surface area contributed by atoms with Gasteiger partial charge in [-0.25, -0.2) is 9.59 Å². The molecule has 0 saturated carbocycles. The van der Waals surface area contributed by atoms with Gasteiger partial charge in [-0.2, -0.15) is 16.3 Å². The van der Waals surface area contributed by atoms with Crippen molar-refractivity contribution in [3.8, 4) is 0 Å². The smallest absolute Gasteiger partial charge is 0.362 e. The highest BCUT2D eigenvalue weighted by Crippen LogP contribution is 2.10. The monoisotopic (exact) mass is 358 g/mol. The number of rotatable bonds is 0. The summed E-state index contributed by atoms with van der Waals surface area (Å²) in [5.41, 5.74) is -3.74. The van der Waals surface area contributed by atoms with Gasteiger partial charge in [0.15, 0.2) is 11.2 Å². The molecule has 110 valence electrons. The first kappa shape index (κ1) is 20.3. The molecule has 10 nitrogen and oxygen atoms in total. The van der Waals surface area contributed by atoms with Crippen molar-refractivity contribution in [1.82, 2.24) is 16.3 Å². The van der Waals surface area contributed by atoms with Crippen molar-refractivity contribution in [3.05, 3.63) is 31.3 Å². The Balaban J connectivity index is 0. The van der Waals surface area contributed by atoms with Crippen LogP contribution in [-0.2, 0) is 0 Å². The first-order chi connectivity index (χ1) is 7.37. The summed E-state index contributed by atoms with van der Waals surface area (Å²) < 4.78 is 1.46. The zero-order valence-corrected chi connectivity index (χ0v) is 11.5. The molecule has 2 rings (SSSR count). The zero-order chi connectivity index (χ0) is 12.2. The van der Waals surface area contributed by atoms with Crippen LogP contribution in [0.15, 0.2) is 14.4 Å². The van der Waals surface area contributed by atoms with E-state index in [4.69, 9.17) is 47.1 Å². The summed E-state index contributed by atoms with van der Waals surface area (Å²) in [6.07, 6.45) is 0. The van der Waals surface area contributed by atoms with E-state index in [1.54, 1.807) is 0 Å². The Hall–Kier alpha value is -1.01. The van der Waals surface area contributed by atoms with Crippen molar-refractivity contribution < 1.29 is 16.4 Å². The molecular weight excluding hydrogens is 354 g/mol. The Kier molecular flexibility index (Phi) is 6.87. The minimum Gasteiger partial charge on any atom is -0.412 e. The van der Waals surface area contributed by atoms with Gasteiger partial charge in [0, 0.05) is 47.1 Å². The predicted molar refractivity (Wildman–Crippen MR) is 70.6 cm³/mol. The van der Waals surface area contributed by atoms with Gasteiger partial charge >= 0.3 is 11.4 Å². The molecule has 0 aromatic carbocycles. The maximum Gasteiger partial charge on any atom is 0.362 e. The average Bonchev–Trinajstić information content (AvgIpc) is 2.48. The lowest BCUT2D eigenvalue weighted by molar-refractivity contribution is 0.823. The van der Waals surface area contributed by atoms with Gasteiger partial charge < -0.3 is 16.4 Å². The summed E-state index contributed by atoms with van der Waals surface area (Å²) >= 11 is 21.9. The number of aromatic nitrogens is 4. The summed E-state index contributed by atoms with van der Waals surface area (Å²) in [6.45, 7) is 0. The third-order valence-corrected chi connectivity index (χ3v) is 3.05. The number of hydrogen-bond acceptors (Lipinski definition) is 3. The second-order valence-corrected chi connectivity index (χ2v) is 4.02. The summed E-state index contributed by atoms with van der Waals surface area (Å²) in [5, 5.41) is 0. The Labute approximate surface area is 122 Å². The summed E-state index contributed by atoms with van der Waals surface area (Å²) in [6, 6.07) is 0. The molecule has 0 spiro atoms. The van der Waals surface area contributed by atoms with Crippen LogP contribution in [0.5, 0.6) is 0 Å². The second-order valence-electron chi connectivity index (χ2n) is 2.67. The average molecular weight is 360 g/mol. The van der Waals surface area contributed by atoms with E-state index < -0.39 is 22.5 Å². The topological polar surface area (TPSA) is 165 Å². The summed E-state index contributed by atoms with van der Waals surface area (Å²) in [4.78, 5) is 34.2. The Morgan fingerprint density at radius 3 is 1.42 bits per heavy atom. The maximum atomic E-state index is 11.5. The predicted octanol–water partition coefficient (Wildman–Crippen LogP) is -2.34. The van der Waals surface area contributed by atoms with Crippen molar-refractivity contribution in [2.75, 3.05) is 0 Å². The van der Waals surface area contributed by atoms with E-state index in [1.165, 1.54) is 0 Å². The molecule has 0 saturated heterocycles. The molecule has 2 aromatic rings. The lowest BCUT2D eigenvalue weighted by atomic mass is 10.5. The van der Waals surface area contributed by atoms with Crippen molar-refractivity contribution in [2.45, 2.75) is 0 Å². The number of hydrogen-bond donors (Lipinski definition) is 0. The van der Waals surface area contributed by atoms with Crippen molar-refractivity contribution in [2.24, 2.45) is 0 Å². The fourth-order valence-corrected chi connectivity index (χ4v) is 2.10. The molecule has 2 aromatic heterocycles. The molecule has 0 atom stereocenters. The van der Waals surface area contributed by atoms with Gasteiger partial charge in [0.05, 0.1) is 0 Å². The highest BCUT2D eigenvalue weighted by molar-refractivity contribution is 6.25. The van der Waals surface area contributed by atoms with Crippen LogP contribution >= 0.6 is 47.1 Å². The minimum atomic E-state index is -1.06. The van der Waals surface area contributed by atoms with Gasteiger partial charge in [-0.1, -0.05) is 0 Å². The number of nitrogens with zero attached hydrogens (tertiary/aromatic N) is 4. The molecule has 0 fully saturated rings. The number of halogens is 4. The first-order valence-corrected chi connectivity index (χ1v) is 4.93. The van der Waals surface area contributed by atoms with Crippen LogP contribution in [0.3, 0.4) is 0 Å². The van der Waals surface area contributed by atoms with E-state index in [-0.39, 0.29) is 26.2 Å². The fraction of sp³-hybridized carbons (Fsp3) is 0. The van der Waals surface area contributed by atoms with Crippen LogP contribution in [0.25, 0.3) is 11.2 Å². The molecule has 0 unspecified atom stereocenters. The van der Waals surface area contributed by atoms with Crippen molar-refractivity contribution >= 4 is 58.3 Å². The van der Waals surface area contributed by atoms with Gasteiger partial charge in [0.1, 0.15) is 0 Å². The van der Waals surface area contributed by atoms with Crippen LogP contribution in [0, 0.1) is 0 Å². The standard InChI is InChI=1S/C5Cl4N4O3.3H2O/c6-10-1-2(11(7)4(10)15)12(8)5(16)13(9)3(1)14;;;/h;3*1H2. The van der Waals surface area contributed by atoms with Crippen molar-refractivity contribution in [3.63, 3.8) is 0 Å². The normalized spacial score (nSPS) is 9.47. The number of imidazole rings is 1. The van der Waals surface area contributed by atoms with E-state index in [0.717, 1.165) is 0 Å². The third-order valence-electron chi connectivity index (χ3n) is 1.83. The Morgan fingerprint density at radius 2 is 1.00 bits per heavy atom. The van der Waals surface area contributed by atoms with Crippen molar-refractivity contribution in [1.29, 1.82) is 0 Å². The lowest BCUT2D eigenvalue weighted by Crippen LogP contribution is -2.33. The second kappa shape index (κ2) is 6.43. The molecule has 14 heteroatoms. The molecule has 0 bridgehead atoms. The molecule has 0 radical (unpaired) electrons. The fourth-order valence-electron chi connectivity index (χ4n) is 1.14. The molecule has 6 N–H and O–H groups in total. The van der Waals surface area contributed by atoms with Gasteiger partial charge in [0.25, 0.3) is 5.56 Å². The molecule has 19 heavy (non-hydrogen) atoms. The van der Waals surface area contributed by atoms with Crippen LogP contribution in [0.1, 0.15) is 0 Å². The van der Waals surface area contributed by atoms with Crippen LogP contribution < -0.4 is 16.9 Å². The van der Waals surface area contributed by atoms with E-state index in [9.17, 15) is 14.4 Å². The van der Waals surface area contributed by atoms with Gasteiger partial charge in [-0.3, -0.25) is 4.79 Å². The highest BCUT2D eigenvalue weighted by Gasteiger charge is 2.21. The third kappa shape index (κ3) is 2.51. The van der Waals surface area contributed by atoms with Gasteiger partial charge in [0.2, 0.25) is 0 Å². The van der Waals surface area contributed by atoms with Crippen LogP contribution in [-0.4, -0.2) is 32.8 Å². The largest absolute Gasteiger partial charge is 0.412 e. The molecule has 2 heterocycles. The first-order valence-electron chi connectivity index (χ1n) is 3.58. The lowest BCUT2D eigenvalue weighted by Gasteiger charge is -1.99. The molecule has 0 amide bonds. The molecule has 0 aliphatic rings. The Bertz CT molecular complexity index is 771. The number of fused-ring (bicyclic) bond motifs is 1. The zero-order valence-electron chi connectivity index (χ0n) is 8.53. The van der Waals surface area contributed by atoms with Crippen LogP contribution in [0.4, 0.5) is 0 Å². The quantitative estimate of drug-likeness (QED) is 0.515. The van der Waals surface area contributed by atoms with E-state index >= 15 is 0 Å².